The average Bonchev–Trinajstić information content (AvgIpc) is 2.71. The lowest BCUT2D eigenvalue weighted by atomic mass is 9.88. The molecule has 1 aromatic carbocycles. The maximum Gasteiger partial charge on any atom is 0.488 e. The summed E-state index contributed by atoms with van der Waals surface area (Å²) in [6, 6.07) is 4.06. The molecule has 1 atom stereocenters. The van der Waals surface area contributed by atoms with Gasteiger partial charge in [0.2, 0.25) is 11.8 Å². The fraction of sp³-hybridized carbons (Fsp3) is 0.591. The smallest absolute Gasteiger partial charge is 0.444 e. The molecule has 188 valence electrons. The summed E-state index contributed by atoms with van der Waals surface area (Å²) in [7, 11) is -3.67. The number of imide groups is 1. The van der Waals surface area contributed by atoms with E-state index in [1.54, 1.807) is 49.8 Å². The van der Waals surface area contributed by atoms with Crippen LogP contribution in [0.25, 0.3) is 0 Å². The number of piperidine rings is 2. The van der Waals surface area contributed by atoms with Crippen molar-refractivity contribution in [3.05, 3.63) is 23.8 Å². The lowest BCUT2D eigenvalue weighted by Crippen LogP contribution is -2.51. The van der Waals surface area contributed by atoms with E-state index in [1.165, 1.54) is 6.07 Å². The molecule has 3 amide bonds. The van der Waals surface area contributed by atoms with E-state index < -0.39 is 34.1 Å². The van der Waals surface area contributed by atoms with Crippen LogP contribution in [0.3, 0.4) is 0 Å². The monoisotopic (exact) mass is 499 g/mol. The van der Waals surface area contributed by atoms with Gasteiger partial charge in [0.15, 0.2) is 5.75 Å². The van der Waals surface area contributed by atoms with Gasteiger partial charge in [0, 0.05) is 38.3 Å². The van der Waals surface area contributed by atoms with Gasteiger partial charge in [-0.2, -0.15) is 8.42 Å². The van der Waals surface area contributed by atoms with Gasteiger partial charge in [-0.3, -0.25) is 14.9 Å². The number of carbonyl (C=O) groups is 3. The number of hydrogen-bond donors (Lipinski definition) is 1. The van der Waals surface area contributed by atoms with Gasteiger partial charge in [0.1, 0.15) is 11.6 Å². The van der Waals surface area contributed by atoms with Gasteiger partial charge in [-0.25, -0.2) is 4.79 Å². The zero-order valence-corrected chi connectivity index (χ0v) is 20.5. The highest BCUT2D eigenvalue weighted by molar-refractivity contribution is 7.81. The summed E-state index contributed by atoms with van der Waals surface area (Å²) < 4.78 is 46.2. The molecule has 0 aliphatic carbocycles. The Kier molecular flexibility index (Phi) is 7.39. The number of likely N-dealkylation sites (tertiary alicyclic amines) is 1. The molecule has 2 heterocycles. The molecule has 1 aromatic rings. The Bertz CT molecular complexity index is 1060. The van der Waals surface area contributed by atoms with E-state index in [9.17, 15) is 26.7 Å². The van der Waals surface area contributed by atoms with Crippen molar-refractivity contribution >= 4 is 34.1 Å². The SMILES string of the molecule is CN(c1ccc(C2CCN(C(=O)OC(C)(C)C)CC2)c(OS(=O)(=O)F)c1)C1CCC(=O)NC1=O. The summed E-state index contributed by atoms with van der Waals surface area (Å²) in [5.41, 5.74) is 0.308. The minimum Gasteiger partial charge on any atom is -0.444 e. The van der Waals surface area contributed by atoms with E-state index in [4.69, 9.17) is 4.74 Å². The number of nitrogens with one attached hydrogen (secondary N) is 1. The Hall–Kier alpha value is -2.89. The first kappa shape index (κ1) is 25.7. The number of benzene rings is 1. The minimum absolute atomic E-state index is 0.171. The first-order valence-electron chi connectivity index (χ1n) is 11.1. The van der Waals surface area contributed by atoms with Crippen molar-refractivity contribution in [1.82, 2.24) is 10.2 Å². The molecule has 3 rings (SSSR count). The van der Waals surface area contributed by atoms with Crippen molar-refractivity contribution in [2.75, 3.05) is 25.0 Å². The van der Waals surface area contributed by atoms with Crippen LogP contribution in [0.15, 0.2) is 18.2 Å². The van der Waals surface area contributed by atoms with Gasteiger partial charge in [-0.1, -0.05) is 9.95 Å². The van der Waals surface area contributed by atoms with Crippen molar-refractivity contribution in [1.29, 1.82) is 0 Å². The van der Waals surface area contributed by atoms with Crippen LogP contribution >= 0.6 is 0 Å². The third-order valence-electron chi connectivity index (χ3n) is 5.86. The average molecular weight is 500 g/mol. The third kappa shape index (κ3) is 6.58. The molecule has 10 nitrogen and oxygen atoms in total. The Morgan fingerprint density at radius 1 is 1.18 bits per heavy atom. The van der Waals surface area contributed by atoms with E-state index in [-0.39, 0.29) is 24.0 Å². The Labute approximate surface area is 198 Å². The second-order valence-corrected chi connectivity index (χ2v) is 10.5. The summed E-state index contributed by atoms with van der Waals surface area (Å²) in [5, 5.41) is 2.27. The number of anilines is 1. The van der Waals surface area contributed by atoms with E-state index in [0.717, 1.165) is 0 Å². The van der Waals surface area contributed by atoms with Gasteiger partial charge in [0.05, 0.1) is 0 Å². The topological polar surface area (TPSA) is 122 Å². The number of carbonyl (C=O) groups excluding carboxylic acids is 3. The maximum absolute atomic E-state index is 13.5. The van der Waals surface area contributed by atoms with E-state index in [2.05, 4.69) is 9.50 Å². The number of likely N-dealkylation sites (N-methyl/N-ethyl adjacent to an activating group) is 1. The lowest BCUT2D eigenvalue weighted by molar-refractivity contribution is -0.134. The standard InChI is InChI=1S/C22H30FN3O7S/c1-22(2,3)32-21(29)26-11-9-14(10-12-26)16-6-5-15(13-18(16)33-34(23,30)31)25(4)17-7-8-19(27)24-20(17)28/h5-6,13-14,17H,7-12H2,1-4H3,(H,24,27,28). The molecule has 34 heavy (non-hydrogen) atoms. The number of nitrogens with zero attached hydrogens (tertiary/aromatic N) is 2. The molecule has 2 aliphatic rings. The van der Waals surface area contributed by atoms with Crippen LogP contribution in [0.4, 0.5) is 14.4 Å². The number of amides is 3. The van der Waals surface area contributed by atoms with Gasteiger partial charge < -0.3 is 18.7 Å². The van der Waals surface area contributed by atoms with Crippen molar-refractivity contribution < 1.29 is 35.6 Å². The normalized spacial score (nSPS) is 20.0. The van der Waals surface area contributed by atoms with Gasteiger partial charge in [-0.05, 0) is 57.6 Å². The predicted octanol–water partition coefficient (Wildman–Crippen LogP) is 2.64. The molecule has 0 spiro atoms. The number of hydrogen-bond acceptors (Lipinski definition) is 8. The van der Waals surface area contributed by atoms with Crippen LogP contribution in [0.2, 0.25) is 0 Å². The first-order valence-corrected chi connectivity index (χ1v) is 12.4. The van der Waals surface area contributed by atoms with Gasteiger partial charge >= 0.3 is 16.6 Å². The highest BCUT2D eigenvalue weighted by Gasteiger charge is 2.32. The van der Waals surface area contributed by atoms with Crippen LogP contribution < -0.4 is 14.4 Å². The highest BCUT2D eigenvalue weighted by atomic mass is 32.3. The minimum atomic E-state index is -5.30. The number of ether oxygens (including phenoxy) is 1. The molecular formula is C22H30FN3O7S. The number of halogens is 1. The van der Waals surface area contributed by atoms with Gasteiger partial charge in [-0.15, -0.1) is 0 Å². The zero-order valence-electron chi connectivity index (χ0n) is 19.7. The first-order chi connectivity index (χ1) is 15.7. The van der Waals surface area contributed by atoms with E-state index >= 15 is 0 Å². The van der Waals surface area contributed by atoms with Crippen LogP contribution in [0.5, 0.6) is 5.75 Å². The number of rotatable bonds is 5. The van der Waals surface area contributed by atoms with Crippen LogP contribution in [-0.2, 0) is 24.8 Å². The molecule has 1 N–H and O–H groups in total. The molecule has 0 bridgehead atoms. The highest BCUT2D eigenvalue weighted by Crippen LogP contribution is 2.38. The molecule has 2 aliphatic heterocycles. The fourth-order valence-electron chi connectivity index (χ4n) is 4.19. The fourth-order valence-corrected chi connectivity index (χ4v) is 4.55. The Balaban J connectivity index is 1.79. The summed E-state index contributed by atoms with van der Waals surface area (Å²) in [6.45, 7) is 6.13. The van der Waals surface area contributed by atoms with Crippen molar-refractivity contribution in [2.24, 2.45) is 0 Å². The maximum atomic E-state index is 13.5. The van der Waals surface area contributed by atoms with E-state index in [0.29, 0.717) is 43.6 Å². The Morgan fingerprint density at radius 2 is 1.82 bits per heavy atom. The molecule has 2 fully saturated rings. The second kappa shape index (κ2) is 9.77. The van der Waals surface area contributed by atoms with Crippen molar-refractivity contribution in [3.8, 4) is 5.75 Å². The van der Waals surface area contributed by atoms with Crippen LogP contribution in [0.1, 0.15) is 57.9 Å². The zero-order chi connectivity index (χ0) is 25.3. The third-order valence-corrected chi connectivity index (χ3v) is 6.24. The summed E-state index contributed by atoms with van der Waals surface area (Å²) in [4.78, 5) is 39.1. The summed E-state index contributed by atoms with van der Waals surface area (Å²) in [5.74, 6) is -1.16. The molecule has 2 saturated heterocycles. The lowest BCUT2D eigenvalue weighted by Gasteiger charge is -2.34. The predicted molar refractivity (Wildman–Crippen MR) is 121 cm³/mol. The molecule has 0 saturated carbocycles. The van der Waals surface area contributed by atoms with E-state index in [1.807, 2.05) is 0 Å². The summed E-state index contributed by atoms with van der Waals surface area (Å²) >= 11 is 0. The van der Waals surface area contributed by atoms with Crippen LogP contribution in [0, 0.1) is 0 Å². The largest absolute Gasteiger partial charge is 0.488 e. The van der Waals surface area contributed by atoms with Crippen molar-refractivity contribution in [3.63, 3.8) is 0 Å². The molecule has 1 unspecified atom stereocenters. The summed E-state index contributed by atoms with van der Waals surface area (Å²) in [6.07, 6.45) is 1.06. The van der Waals surface area contributed by atoms with Crippen LogP contribution in [-0.4, -0.2) is 63.0 Å². The molecule has 0 radical (unpaired) electrons. The molecule has 12 heteroatoms. The second-order valence-electron chi connectivity index (χ2n) is 9.52. The Morgan fingerprint density at radius 3 is 2.38 bits per heavy atom. The molecular weight excluding hydrogens is 469 g/mol. The van der Waals surface area contributed by atoms with Gasteiger partial charge in [0.25, 0.3) is 0 Å². The quantitative estimate of drug-likeness (QED) is 0.485. The molecule has 0 aromatic heterocycles. The van der Waals surface area contributed by atoms with Crippen molar-refractivity contribution in [2.45, 2.75) is 64.0 Å².